The molecule has 96 valence electrons. The van der Waals surface area contributed by atoms with E-state index in [2.05, 4.69) is 73.7 Å². The van der Waals surface area contributed by atoms with Crippen molar-refractivity contribution in [2.45, 2.75) is 13.3 Å². The van der Waals surface area contributed by atoms with Crippen LogP contribution >= 0.6 is 0 Å². The first kappa shape index (κ1) is 13.3. The van der Waals surface area contributed by atoms with Gasteiger partial charge in [-0.25, -0.2) is 0 Å². The van der Waals surface area contributed by atoms with E-state index in [4.69, 9.17) is 0 Å². The highest BCUT2D eigenvalue weighted by atomic mass is 14.1. The van der Waals surface area contributed by atoms with Crippen LogP contribution in [0.5, 0.6) is 0 Å². The Hall–Kier alpha value is -2.12. The van der Waals surface area contributed by atoms with Crippen LogP contribution in [0.25, 0.3) is 10.8 Å². The Labute approximate surface area is 114 Å². The number of aryl methyl sites for hydroxylation is 1. The summed E-state index contributed by atoms with van der Waals surface area (Å²) in [5.41, 5.74) is 4.09. The molecule has 3 aromatic carbocycles. The first-order valence-corrected chi connectivity index (χ1v) is 6.35. The molecule has 1 nitrogen and oxygen atoms in total. The summed E-state index contributed by atoms with van der Waals surface area (Å²) in [6.45, 7) is 2.14. The van der Waals surface area contributed by atoms with Gasteiger partial charge in [-0.05, 0) is 35.2 Å². The van der Waals surface area contributed by atoms with Gasteiger partial charge in [0.15, 0.2) is 0 Å². The standard InChI is InChI=1S/C18H16.H3N/c1-14-10-11-18-16(12-14)8-5-9-17(18)13-15-6-3-2-4-7-15;/h2-12H,13H2,1H3;1H3. The zero-order valence-corrected chi connectivity index (χ0v) is 11.3. The molecule has 0 amide bonds. The van der Waals surface area contributed by atoms with E-state index in [1.807, 2.05) is 0 Å². The Bertz CT molecular complexity index is 672. The molecule has 0 bridgehead atoms. The van der Waals surface area contributed by atoms with Crippen LogP contribution in [0.1, 0.15) is 16.7 Å². The average Bonchev–Trinajstić information content (AvgIpc) is 2.40. The van der Waals surface area contributed by atoms with E-state index in [0.29, 0.717) is 0 Å². The second-order valence-corrected chi connectivity index (χ2v) is 4.80. The number of hydrogen-bond acceptors (Lipinski definition) is 1. The Morgan fingerprint density at radius 3 is 2.37 bits per heavy atom. The fraction of sp³-hybridized carbons (Fsp3) is 0.111. The van der Waals surface area contributed by atoms with Crippen molar-refractivity contribution in [3.05, 3.63) is 83.4 Å². The lowest BCUT2D eigenvalue weighted by atomic mass is 9.97. The van der Waals surface area contributed by atoms with Crippen molar-refractivity contribution in [1.82, 2.24) is 6.15 Å². The fourth-order valence-electron chi connectivity index (χ4n) is 2.44. The molecule has 0 unspecified atom stereocenters. The normalized spacial score (nSPS) is 10.2. The lowest BCUT2D eigenvalue weighted by Gasteiger charge is -2.07. The molecule has 19 heavy (non-hydrogen) atoms. The maximum Gasteiger partial charge on any atom is -0.00196 e. The quantitative estimate of drug-likeness (QED) is 0.688. The van der Waals surface area contributed by atoms with Crippen LogP contribution in [-0.4, -0.2) is 0 Å². The van der Waals surface area contributed by atoms with E-state index in [1.54, 1.807) is 0 Å². The van der Waals surface area contributed by atoms with Gasteiger partial charge in [-0.1, -0.05) is 72.3 Å². The molecule has 0 aliphatic carbocycles. The third kappa shape index (κ3) is 2.83. The molecule has 0 heterocycles. The average molecular weight is 249 g/mol. The summed E-state index contributed by atoms with van der Waals surface area (Å²) in [6, 6.07) is 23.9. The maximum absolute atomic E-state index is 2.25. The summed E-state index contributed by atoms with van der Waals surface area (Å²) in [5.74, 6) is 0. The molecule has 0 fully saturated rings. The van der Waals surface area contributed by atoms with Gasteiger partial charge in [-0.3, -0.25) is 0 Å². The van der Waals surface area contributed by atoms with Gasteiger partial charge < -0.3 is 6.15 Å². The van der Waals surface area contributed by atoms with Crippen LogP contribution in [0.2, 0.25) is 0 Å². The minimum atomic E-state index is 0. The predicted octanol–water partition coefficient (Wildman–Crippen LogP) is 4.90. The molecule has 0 saturated carbocycles. The first-order chi connectivity index (χ1) is 8.83. The smallest absolute Gasteiger partial charge is 0.00196 e. The van der Waals surface area contributed by atoms with Crippen molar-refractivity contribution in [3.63, 3.8) is 0 Å². The fourth-order valence-corrected chi connectivity index (χ4v) is 2.44. The monoisotopic (exact) mass is 249 g/mol. The summed E-state index contributed by atoms with van der Waals surface area (Å²) in [4.78, 5) is 0. The van der Waals surface area contributed by atoms with Crippen LogP contribution in [0, 0.1) is 6.92 Å². The molecule has 0 spiro atoms. The Kier molecular flexibility index (Phi) is 3.98. The van der Waals surface area contributed by atoms with Crippen molar-refractivity contribution >= 4 is 10.8 Å². The topological polar surface area (TPSA) is 35.0 Å². The molecule has 3 aromatic rings. The zero-order chi connectivity index (χ0) is 12.4. The van der Waals surface area contributed by atoms with E-state index in [1.165, 1.54) is 27.5 Å². The maximum atomic E-state index is 2.25. The van der Waals surface area contributed by atoms with Crippen LogP contribution < -0.4 is 6.15 Å². The van der Waals surface area contributed by atoms with Gasteiger partial charge in [0.05, 0.1) is 0 Å². The highest BCUT2D eigenvalue weighted by molar-refractivity contribution is 5.86. The highest BCUT2D eigenvalue weighted by Crippen LogP contribution is 2.22. The Morgan fingerprint density at radius 1 is 0.789 bits per heavy atom. The Morgan fingerprint density at radius 2 is 1.58 bits per heavy atom. The third-order valence-corrected chi connectivity index (χ3v) is 3.36. The molecule has 0 aromatic heterocycles. The van der Waals surface area contributed by atoms with Crippen molar-refractivity contribution in [2.24, 2.45) is 0 Å². The van der Waals surface area contributed by atoms with Gasteiger partial charge in [0, 0.05) is 0 Å². The van der Waals surface area contributed by atoms with Crippen LogP contribution in [-0.2, 0) is 6.42 Å². The summed E-state index contributed by atoms with van der Waals surface area (Å²) in [5, 5.41) is 2.70. The van der Waals surface area contributed by atoms with E-state index < -0.39 is 0 Å². The summed E-state index contributed by atoms with van der Waals surface area (Å²) in [6.07, 6.45) is 1.00. The van der Waals surface area contributed by atoms with E-state index in [9.17, 15) is 0 Å². The van der Waals surface area contributed by atoms with Gasteiger partial charge in [0.25, 0.3) is 0 Å². The lowest BCUT2D eigenvalue weighted by Crippen LogP contribution is -1.89. The van der Waals surface area contributed by atoms with Crippen molar-refractivity contribution in [1.29, 1.82) is 0 Å². The minimum Gasteiger partial charge on any atom is -0.344 e. The van der Waals surface area contributed by atoms with Gasteiger partial charge in [-0.2, -0.15) is 0 Å². The van der Waals surface area contributed by atoms with Gasteiger partial charge in [-0.15, -0.1) is 0 Å². The molecule has 0 saturated heterocycles. The van der Waals surface area contributed by atoms with Gasteiger partial charge in [0.2, 0.25) is 0 Å². The molecule has 0 aliphatic rings. The second kappa shape index (κ2) is 5.68. The Balaban J connectivity index is 0.00000133. The molecular formula is C18H19N. The summed E-state index contributed by atoms with van der Waals surface area (Å²) >= 11 is 0. The lowest BCUT2D eigenvalue weighted by molar-refractivity contribution is 1.21. The largest absolute Gasteiger partial charge is 0.344 e. The van der Waals surface area contributed by atoms with Crippen LogP contribution in [0.15, 0.2) is 66.7 Å². The van der Waals surface area contributed by atoms with E-state index in [0.717, 1.165) is 6.42 Å². The molecular weight excluding hydrogens is 230 g/mol. The predicted molar refractivity (Wildman–Crippen MR) is 83.0 cm³/mol. The molecule has 0 aliphatic heterocycles. The van der Waals surface area contributed by atoms with Gasteiger partial charge in [0.1, 0.15) is 0 Å². The second-order valence-electron chi connectivity index (χ2n) is 4.80. The van der Waals surface area contributed by atoms with E-state index in [-0.39, 0.29) is 6.15 Å². The number of fused-ring (bicyclic) bond motifs is 1. The van der Waals surface area contributed by atoms with Crippen LogP contribution in [0.3, 0.4) is 0 Å². The number of rotatable bonds is 2. The molecule has 3 N–H and O–H groups in total. The van der Waals surface area contributed by atoms with Crippen molar-refractivity contribution in [3.8, 4) is 0 Å². The molecule has 1 heteroatoms. The number of benzene rings is 3. The minimum absolute atomic E-state index is 0. The van der Waals surface area contributed by atoms with E-state index >= 15 is 0 Å². The first-order valence-electron chi connectivity index (χ1n) is 6.35. The van der Waals surface area contributed by atoms with Crippen molar-refractivity contribution < 1.29 is 0 Å². The zero-order valence-electron chi connectivity index (χ0n) is 11.3. The summed E-state index contributed by atoms with van der Waals surface area (Å²) < 4.78 is 0. The third-order valence-electron chi connectivity index (χ3n) is 3.36. The number of hydrogen-bond donors (Lipinski definition) is 1. The molecule has 3 rings (SSSR count). The molecule has 0 atom stereocenters. The van der Waals surface area contributed by atoms with Crippen molar-refractivity contribution in [2.75, 3.05) is 0 Å². The van der Waals surface area contributed by atoms with Gasteiger partial charge >= 0.3 is 0 Å². The van der Waals surface area contributed by atoms with Crippen LogP contribution in [0.4, 0.5) is 0 Å². The highest BCUT2D eigenvalue weighted by Gasteiger charge is 2.02. The summed E-state index contributed by atoms with van der Waals surface area (Å²) in [7, 11) is 0. The molecule has 0 radical (unpaired) electrons. The SMILES string of the molecule is Cc1ccc2c(Cc3ccccc3)cccc2c1.N.